The van der Waals surface area contributed by atoms with E-state index in [1.165, 1.54) is 12.1 Å². The molecular weight excluding hydrogens is 376 g/mol. The molecule has 1 atom stereocenters. The van der Waals surface area contributed by atoms with Crippen molar-refractivity contribution in [1.82, 2.24) is 5.01 Å². The van der Waals surface area contributed by atoms with Crippen LogP contribution in [-0.2, 0) is 9.53 Å². The number of rotatable bonds is 6. The minimum absolute atomic E-state index is 0.219. The summed E-state index contributed by atoms with van der Waals surface area (Å²) in [7, 11) is 1.31. The number of carbonyl (C=O) groups is 2. The van der Waals surface area contributed by atoms with Crippen LogP contribution in [0.25, 0.3) is 0 Å². The third-order valence-corrected chi connectivity index (χ3v) is 4.48. The minimum atomic E-state index is -0.439. The van der Waals surface area contributed by atoms with Crippen LogP contribution in [0.15, 0.2) is 75.0 Å². The molecule has 0 bridgehead atoms. The van der Waals surface area contributed by atoms with Gasteiger partial charge in [-0.25, -0.2) is 9.80 Å². The molecule has 1 amide bonds. The van der Waals surface area contributed by atoms with E-state index in [-0.39, 0.29) is 18.6 Å². The van der Waals surface area contributed by atoms with Gasteiger partial charge in [0.2, 0.25) is 0 Å². The van der Waals surface area contributed by atoms with E-state index in [1.807, 2.05) is 0 Å². The average Bonchev–Trinajstić information content (AvgIpc) is 3.51. The summed E-state index contributed by atoms with van der Waals surface area (Å²) in [6, 6.07) is 13.1. The first-order valence-electron chi connectivity index (χ1n) is 8.93. The second-order valence-corrected chi connectivity index (χ2v) is 6.30. The molecule has 0 spiro atoms. The number of hydrazone groups is 1. The molecule has 4 rings (SSSR count). The van der Waals surface area contributed by atoms with Crippen LogP contribution in [0, 0.1) is 0 Å². The Kier molecular flexibility index (Phi) is 5.15. The van der Waals surface area contributed by atoms with Crippen LogP contribution in [0.5, 0.6) is 5.75 Å². The maximum Gasteiger partial charge on any atom is 0.337 e. The standard InChI is InChI=1S/C21H18N2O6/c1-26-21(25)14-6-8-15(9-7-14)29-13-20(24)23-17(19-5-3-11-28-19)12-16(22-23)18-4-2-10-27-18/h2-11,17H,12-13H2,1H3. The van der Waals surface area contributed by atoms with Gasteiger partial charge < -0.3 is 18.3 Å². The minimum Gasteiger partial charge on any atom is -0.484 e. The van der Waals surface area contributed by atoms with Crippen molar-refractivity contribution in [2.45, 2.75) is 12.5 Å². The van der Waals surface area contributed by atoms with Gasteiger partial charge in [0.15, 0.2) is 6.61 Å². The van der Waals surface area contributed by atoms with Crippen molar-refractivity contribution in [3.63, 3.8) is 0 Å². The number of hydrogen-bond acceptors (Lipinski definition) is 7. The molecule has 1 aliphatic heterocycles. The van der Waals surface area contributed by atoms with Crippen LogP contribution in [0.2, 0.25) is 0 Å². The molecule has 0 saturated heterocycles. The number of nitrogens with zero attached hydrogens (tertiary/aromatic N) is 2. The number of esters is 1. The van der Waals surface area contributed by atoms with Crippen molar-refractivity contribution in [2.75, 3.05) is 13.7 Å². The van der Waals surface area contributed by atoms with Gasteiger partial charge >= 0.3 is 5.97 Å². The smallest absolute Gasteiger partial charge is 0.337 e. The summed E-state index contributed by atoms with van der Waals surface area (Å²) in [6.45, 7) is -0.219. The molecule has 8 nitrogen and oxygen atoms in total. The van der Waals surface area contributed by atoms with E-state index in [0.717, 1.165) is 0 Å². The van der Waals surface area contributed by atoms with Crippen molar-refractivity contribution in [2.24, 2.45) is 5.10 Å². The Morgan fingerprint density at radius 2 is 1.86 bits per heavy atom. The van der Waals surface area contributed by atoms with Crippen molar-refractivity contribution in [1.29, 1.82) is 0 Å². The number of amides is 1. The molecule has 148 valence electrons. The molecule has 0 radical (unpaired) electrons. The Labute approximate surface area is 166 Å². The van der Waals surface area contributed by atoms with E-state index in [2.05, 4.69) is 9.84 Å². The van der Waals surface area contributed by atoms with Crippen LogP contribution in [0.4, 0.5) is 0 Å². The summed E-state index contributed by atoms with van der Waals surface area (Å²) >= 11 is 0. The first kappa shape index (κ1) is 18.5. The van der Waals surface area contributed by atoms with Crippen LogP contribution >= 0.6 is 0 Å². The summed E-state index contributed by atoms with van der Waals surface area (Å²) < 4.78 is 21.1. The molecule has 0 fully saturated rings. The third-order valence-electron chi connectivity index (χ3n) is 4.48. The fourth-order valence-corrected chi connectivity index (χ4v) is 3.05. The lowest BCUT2D eigenvalue weighted by atomic mass is 10.1. The van der Waals surface area contributed by atoms with E-state index in [1.54, 1.807) is 61.1 Å². The zero-order valence-corrected chi connectivity index (χ0v) is 15.6. The Morgan fingerprint density at radius 1 is 1.10 bits per heavy atom. The van der Waals surface area contributed by atoms with E-state index >= 15 is 0 Å². The van der Waals surface area contributed by atoms with Gasteiger partial charge in [-0.2, -0.15) is 5.10 Å². The lowest BCUT2D eigenvalue weighted by Crippen LogP contribution is -2.31. The molecule has 0 aliphatic carbocycles. The monoisotopic (exact) mass is 394 g/mol. The van der Waals surface area contributed by atoms with E-state index in [9.17, 15) is 9.59 Å². The van der Waals surface area contributed by atoms with Crippen LogP contribution in [0.1, 0.15) is 34.3 Å². The van der Waals surface area contributed by atoms with Crippen LogP contribution < -0.4 is 4.74 Å². The molecule has 1 aromatic carbocycles. The number of methoxy groups -OCH3 is 1. The molecule has 3 aromatic rings. The highest BCUT2D eigenvalue weighted by atomic mass is 16.5. The highest BCUT2D eigenvalue weighted by molar-refractivity contribution is 6.01. The maximum atomic E-state index is 12.8. The molecule has 8 heteroatoms. The molecule has 0 N–H and O–H groups in total. The van der Waals surface area contributed by atoms with E-state index in [0.29, 0.717) is 35.0 Å². The first-order valence-corrected chi connectivity index (χ1v) is 8.93. The zero-order valence-electron chi connectivity index (χ0n) is 15.6. The molecule has 3 heterocycles. The van der Waals surface area contributed by atoms with Crippen molar-refractivity contribution in [3.05, 3.63) is 78.1 Å². The number of benzene rings is 1. The number of furan rings is 2. The third kappa shape index (κ3) is 3.91. The predicted molar refractivity (Wildman–Crippen MR) is 101 cm³/mol. The molecular formula is C21H18N2O6. The Bertz CT molecular complexity index is 1010. The highest BCUT2D eigenvalue weighted by Gasteiger charge is 2.35. The Hall–Kier alpha value is -3.81. The van der Waals surface area contributed by atoms with Gasteiger partial charge in [0, 0.05) is 6.42 Å². The van der Waals surface area contributed by atoms with Crippen LogP contribution in [-0.4, -0.2) is 36.3 Å². The van der Waals surface area contributed by atoms with Gasteiger partial charge in [-0.3, -0.25) is 4.79 Å². The molecule has 29 heavy (non-hydrogen) atoms. The van der Waals surface area contributed by atoms with Crippen molar-refractivity contribution >= 4 is 17.6 Å². The number of ether oxygens (including phenoxy) is 2. The second kappa shape index (κ2) is 8.05. The van der Waals surface area contributed by atoms with Crippen molar-refractivity contribution in [3.8, 4) is 5.75 Å². The van der Waals surface area contributed by atoms with Crippen molar-refractivity contribution < 1.29 is 27.9 Å². The van der Waals surface area contributed by atoms with Gasteiger partial charge in [-0.1, -0.05) is 0 Å². The predicted octanol–water partition coefficient (Wildman–Crippen LogP) is 3.42. The second-order valence-electron chi connectivity index (χ2n) is 6.30. The Balaban J connectivity index is 1.47. The van der Waals surface area contributed by atoms with E-state index in [4.69, 9.17) is 13.6 Å². The summed E-state index contributed by atoms with van der Waals surface area (Å²) in [4.78, 5) is 24.3. The summed E-state index contributed by atoms with van der Waals surface area (Å²) in [6.07, 6.45) is 3.59. The van der Waals surface area contributed by atoms with Gasteiger partial charge in [-0.05, 0) is 48.5 Å². The SMILES string of the molecule is COC(=O)c1ccc(OCC(=O)N2N=C(c3ccco3)CC2c2ccco2)cc1. The maximum absolute atomic E-state index is 12.8. The number of carbonyl (C=O) groups excluding carboxylic acids is 2. The van der Waals surface area contributed by atoms with Gasteiger partial charge in [-0.15, -0.1) is 0 Å². The van der Waals surface area contributed by atoms with Crippen LogP contribution in [0.3, 0.4) is 0 Å². The summed E-state index contributed by atoms with van der Waals surface area (Å²) in [5, 5.41) is 5.79. The van der Waals surface area contributed by atoms with Gasteiger partial charge in [0.1, 0.15) is 29.0 Å². The largest absolute Gasteiger partial charge is 0.484 e. The topological polar surface area (TPSA) is 94.5 Å². The molecule has 1 aliphatic rings. The fraction of sp³-hybridized carbons (Fsp3) is 0.190. The first-order chi connectivity index (χ1) is 14.2. The number of hydrogen-bond donors (Lipinski definition) is 0. The quantitative estimate of drug-likeness (QED) is 0.595. The fourth-order valence-electron chi connectivity index (χ4n) is 3.05. The van der Waals surface area contributed by atoms with Gasteiger partial charge in [0.25, 0.3) is 5.91 Å². The zero-order chi connectivity index (χ0) is 20.2. The summed E-state index contributed by atoms with van der Waals surface area (Å²) in [5.41, 5.74) is 1.06. The van der Waals surface area contributed by atoms with Gasteiger partial charge in [0.05, 0.1) is 25.2 Å². The summed E-state index contributed by atoms with van der Waals surface area (Å²) in [5.74, 6) is 0.924. The lowest BCUT2D eigenvalue weighted by molar-refractivity contribution is -0.135. The highest BCUT2D eigenvalue weighted by Crippen LogP contribution is 2.33. The van der Waals surface area contributed by atoms with E-state index < -0.39 is 5.97 Å². The molecule has 2 aromatic heterocycles. The molecule has 0 saturated carbocycles. The average molecular weight is 394 g/mol. The molecule has 1 unspecified atom stereocenters. The Morgan fingerprint density at radius 3 is 2.52 bits per heavy atom. The normalized spacial score (nSPS) is 15.8. The lowest BCUT2D eigenvalue weighted by Gasteiger charge is -2.20.